The van der Waals surface area contributed by atoms with E-state index in [2.05, 4.69) is 34.6 Å². The molecule has 1 unspecified atom stereocenters. The minimum absolute atomic E-state index is 0.0905. The first kappa shape index (κ1) is 25.6. The maximum Gasteiger partial charge on any atom is 0.157 e. The van der Waals surface area contributed by atoms with Crippen LogP contribution in [0.5, 0.6) is 0 Å². The zero-order valence-corrected chi connectivity index (χ0v) is 23.3. The predicted octanol–water partition coefficient (Wildman–Crippen LogP) is 9.02. The molecule has 1 saturated heterocycles. The molecule has 4 saturated carbocycles. The van der Waals surface area contributed by atoms with Crippen LogP contribution in [0.15, 0.2) is 0 Å². The van der Waals surface area contributed by atoms with E-state index in [0.29, 0.717) is 16.9 Å². The van der Waals surface area contributed by atoms with Gasteiger partial charge in [-0.15, -0.1) is 0 Å². The molecule has 5 aliphatic rings. The predicted molar refractivity (Wildman–Crippen MR) is 142 cm³/mol. The van der Waals surface area contributed by atoms with Gasteiger partial charge in [0.1, 0.15) is 0 Å². The summed E-state index contributed by atoms with van der Waals surface area (Å²) in [5.41, 5.74) is 1.19. The van der Waals surface area contributed by atoms with Crippen LogP contribution in [0.1, 0.15) is 131 Å². The second-order valence-electron chi connectivity index (χ2n) is 14.5. The molecule has 0 aromatic heterocycles. The number of hydrogen-bond donors (Lipinski definition) is 0. The number of hydrogen-bond acceptors (Lipinski definition) is 2. The molecule has 34 heavy (non-hydrogen) atoms. The van der Waals surface area contributed by atoms with Crippen LogP contribution >= 0.6 is 0 Å². The van der Waals surface area contributed by atoms with Gasteiger partial charge in [0.05, 0.1) is 6.10 Å². The largest absolute Gasteiger partial charge is 0.353 e. The van der Waals surface area contributed by atoms with Crippen molar-refractivity contribution in [1.29, 1.82) is 0 Å². The second-order valence-corrected chi connectivity index (χ2v) is 14.5. The highest BCUT2D eigenvalue weighted by Crippen LogP contribution is 2.68. The third kappa shape index (κ3) is 4.78. The molecule has 0 N–H and O–H groups in total. The summed E-state index contributed by atoms with van der Waals surface area (Å²) in [5.74, 6) is 6.64. The minimum atomic E-state index is 0.0905. The third-order valence-electron chi connectivity index (χ3n) is 12.3. The van der Waals surface area contributed by atoms with Gasteiger partial charge in [0.25, 0.3) is 0 Å². The average molecular weight is 473 g/mol. The van der Waals surface area contributed by atoms with Crippen molar-refractivity contribution in [3.8, 4) is 0 Å². The molecule has 1 aliphatic heterocycles. The van der Waals surface area contributed by atoms with Crippen LogP contribution < -0.4 is 0 Å². The topological polar surface area (TPSA) is 18.5 Å². The van der Waals surface area contributed by atoms with E-state index in [-0.39, 0.29) is 6.29 Å². The van der Waals surface area contributed by atoms with E-state index in [1.165, 1.54) is 89.9 Å². The molecule has 5 fully saturated rings. The van der Waals surface area contributed by atoms with Crippen LogP contribution in [0, 0.1) is 52.3 Å². The van der Waals surface area contributed by atoms with Crippen LogP contribution in [0.25, 0.3) is 0 Å². The van der Waals surface area contributed by atoms with Gasteiger partial charge in [0, 0.05) is 6.61 Å². The van der Waals surface area contributed by atoms with Gasteiger partial charge in [-0.25, -0.2) is 0 Å². The molecule has 0 aromatic carbocycles. The number of fused-ring (bicyclic) bond motifs is 5. The van der Waals surface area contributed by atoms with Crippen molar-refractivity contribution in [2.24, 2.45) is 52.3 Å². The van der Waals surface area contributed by atoms with Gasteiger partial charge in [-0.3, -0.25) is 0 Å². The highest BCUT2D eigenvalue weighted by atomic mass is 16.7. The summed E-state index contributed by atoms with van der Waals surface area (Å²) in [6, 6.07) is 0. The molecule has 4 aliphatic carbocycles. The molecule has 10 atom stereocenters. The first-order valence-electron chi connectivity index (χ1n) is 15.6. The Morgan fingerprint density at radius 1 is 0.824 bits per heavy atom. The normalized spacial score (nSPS) is 47.6. The van der Waals surface area contributed by atoms with E-state index in [1.54, 1.807) is 0 Å². The fourth-order valence-electron chi connectivity index (χ4n) is 10.4. The fourth-order valence-corrected chi connectivity index (χ4v) is 10.4. The molecule has 0 aromatic rings. The van der Waals surface area contributed by atoms with Gasteiger partial charge in [-0.1, -0.05) is 53.9 Å². The fraction of sp³-hybridized carbons (Fsp3) is 1.00. The quantitative estimate of drug-likeness (QED) is 0.344. The summed E-state index contributed by atoms with van der Waals surface area (Å²) in [7, 11) is 0. The lowest BCUT2D eigenvalue weighted by atomic mass is 9.44. The Morgan fingerprint density at radius 3 is 2.38 bits per heavy atom. The molecule has 0 amide bonds. The van der Waals surface area contributed by atoms with Crippen LogP contribution in [0.4, 0.5) is 0 Å². The number of ether oxygens (including phenoxy) is 2. The summed E-state index contributed by atoms with van der Waals surface area (Å²) in [5, 5.41) is 0. The van der Waals surface area contributed by atoms with Crippen molar-refractivity contribution in [1.82, 2.24) is 0 Å². The molecule has 1 heterocycles. The zero-order valence-electron chi connectivity index (χ0n) is 23.3. The summed E-state index contributed by atoms with van der Waals surface area (Å²) < 4.78 is 12.4. The molecule has 2 nitrogen and oxygen atoms in total. The lowest BCUT2D eigenvalue weighted by Crippen LogP contribution is -2.54. The lowest BCUT2D eigenvalue weighted by Gasteiger charge is -2.61. The Bertz CT molecular complexity index is 668. The summed E-state index contributed by atoms with van der Waals surface area (Å²) >= 11 is 0. The van der Waals surface area contributed by atoms with Crippen molar-refractivity contribution in [2.45, 2.75) is 143 Å². The van der Waals surface area contributed by atoms with E-state index in [1.807, 2.05) is 0 Å². The van der Waals surface area contributed by atoms with E-state index >= 15 is 0 Å². The average Bonchev–Trinajstić information content (AvgIpc) is 3.17. The van der Waals surface area contributed by atoms with Gasteiger partial charge < -0.3 is 9.47 Å². The van der Waals surface area contributed by atoms with Gasteiger partial charge in [-0.05, 0) is 129 Å². The number of rotatable bonds is 7. The molecular formula is C32H56O2. The Labute approximate surface area is 211 Å². The van der Waals surface area contributed by atoms with E-state index in [9.17, 15) is 0 Å². The van der Waals surface area contributed by atoms with Gasteiger partial charge >= 0.3 is 0 Å². The molecule has 196 valence electrons. The first-order valence-corrected chi connectivity index (χ1v) is 15.6. The summed E-state index contributed by atoms with van der Waals surface area (Å²) in [4.78, 5) is 0. The lowest BCUT2D eigenvalue weighted by molar-refractivity contribution is -0.212. The van der Waals surface area contributed by atoms with Crippen LogP contribution in [-0.2, 0) is 9.47 Å². The Balaban J connectivity index is 1.21. The van der Waals surface area contributed by atoms with E-state index in [4.69, 9.17) is 9.47 Å². The van der Waals surface area contributed by atoms with Crippen molar-refractivity contribution in [2.75, 3.05) is 6.61 Å². The molecule has 2 heteroatoms. The first-order chi connectivity index (χ1) is 16.3. The Morgan fingerprint density at radius 2 is 1.62 bits per heavy atom. The second kappa shape index (κ2) is 10.4. The van der Waals surface area contributed by atoms with Crippen molar-refractivity contribution >= 4 is 0 Å². The van der Waals surface area contributed by atoms with Gasteiger partial charge in [0.15, 0.2) is 6.29 Å². The highest BCUT2D eigenvalue weighted by molar-refractivity contribution is 5.09. The summed E-state index contributed by atoms with van der Waals surface area (Å²) in [6.07, 6.45) is 21.5. The van der Waals surface area contributed by atoms with Gasteiger partial charge in [0.2, 0.25) is 0 Å². The van der Waals surface area contributed by atoms with Crippen LogP contribution in [0.3, 0.4) is 0 Å². The van der Waals surface area contributed by atoms with Crippen molar-refractivity contribution < 1.29 is 9.47 Å². The van der Waals surface area contributed by atoms with Crippen LogP contribution in [0.2, 0.25) is 0 Å². The third-order valence-corrected chi connectivity index (χ3v) is 12.3. The summed E-state index contributed by atoms with van der Waals surface area (Å²) in [6.45, 7) is 13.7. The zero-order chi connectivity index (χ0) is 23.9. The van der Waals surface area contributed by atoms with Crippen molar-refractivity contribution in [3.05, 3.63) is 0 Å². The Kier molecular flexibility index (Phi) is 7.78. The standard InChI is InChI=1S/C32H56O2/c1-22(2)9-8-10-23(3)27-14-15-28-26-13-12-24-21-25(34-30-11-6-7-20-33-30)16-18-31(24,4)29(26)17-19-32(27,28)5/h22-30H,6-21H2,1-5H3/t23-,24-,25-,26-,27+,28-,29-,30?,31-,32+/m0/s1. The smallest absolute Gasteiger partial charge is 0.157 e. The molecule has 5 rings (SSSR count). The Hall–Kier alpha value is -0.0800. The molecule has 0 bridgehead atoms. The van der Waals surface area contributed by atoms with Crippen molar-refractivity contribution in [3.63, 3.8) is 0 Å². The monoisotopic (exact) mass is 472 g/mol. The molecular weight excluding hydrogens is 416 g/mol. The molecule has 0 spiro atoms. The maximum absolute atomic E-state index is 6.51. The maximum atomic E-state index is 6.51. The molecule has 0 radical (unpaired) electrons. The van der Waals surface area contributed by atoms with Crippen LogP contribution in [-0.4, -0.2) is 19.0 Å². The van der Waals surface area contributed by atoms with Gasteiger partial charge in [-0.2, -0.15) is 0 Å². The van der Waals surface area contributed by atoms with E-state index in [0.717, 1.165) is 54.5 Å². The SMILES string of the molecule is CC(C)CCC[C@H](C)[C@H]1CC[C@H]2[C@@H]3CC[C@H]4C[C@@H](OC5CCCCO5)CC[C@]4(C)[C@H]3CC[C@]12C. The van der Waals surface area contributed by atoms with E-state index < -0.39 is 0 Å². The highest BCUT2D eigenvalue weighted by Gasteiger charge is 2.60. The minimum Gasteiger partial charge on any atom is -0.353 e.